The minimum Gasteiger partial charge on any atom is -0.326 e. The minimum atomic E-state index is -0.574. The van der Waals surface area contributed by atoms with Crippen LogP contribution in [0.25, 0.3) is 0 Å². The molecule has 0 aliphatic carbocycles. The van der Waals surface area contributed by atoms with E-state index < -0.39 is 5.25 Å². The number of anilines is 2. The Hall–Kier alpha value is -2.60. The summed E-state index contributed by atoms with van der Waals surface area (Å²) in [5, 5.41) is 10.6. The van der Waals surface area contributed by atoms with Gasteiger partial charge < -0.3 is 5.32 Å². The summed E-state index contributed by atoms with van der Waals surface area (Å²) in [5.74, 6) is -0.440. The lowest BCUT2D eigenvalue weighted by atomic mass is 10.1. The number of hydrogen-bond donors (Lipinski definition) is 2. The van der Waals surface area contributed by atoms with Gasteiger partial charge in [0.25, 0.3) is 0 Å². The van der Waals surface area contributed by atoms with Crippen molar-refractivity contribution in [3.8, 4) is 0 Å². The summed E-state index contributed by atoms with van der Waals surface area (Å²) in [6, 6.07) is 13.3. The van der Waals surface area contributed by atoms with Gasteiger partial charge in [0.1, 0.15) is 5.25 Å². The van der Waals surface area contributed by atoms with E-state index >= 15 is 0 Å². The number of nitrogens with zero attached hydrogens (tertiary/aromatic N) is 1. The highest BCUT2D eigenvalue weighted by Crippen LogP contribution is 2.33. The van der Waals surface area contributed by atoms with Crippen molar-refractivity contribution < 1.29 is 9.59 Å². The molecule has 1 heterocycles. The van der Waals surface area contributed by atoms with Crippen molar-refractivity contribution in [1.29, 1.82) is 5.41 Å². The number of hydrogen-bond acceptors (Lipinski definition) is 4. The van der Waals surface area contributed by atoms with Crippen molar-refractivity contribution in [3.05, 3.63) is 59.2 Å². The highest BCUT2D eigenvalue weighted by Gasteiger charge is 2.39. The average Bonchev–Trinajstić information content (AvgIpc) is 2.91. The third kappa shape index (κ3) is 4.22. The van der Waals surface area contributed by atoms with E-state index in [4.69, 9.17) is 5.41 Å². The summed E-state index contributed by atoms with van der Waals surface area (Å²) in [6.07, 6.45) is 0.962. The van der Waals surface area contributed by atoms with Crippen LogP contribution in [0.2, 0.25) is 0 Å². The largest absolute Gasteiger partial charge is 0.326 e. The van der Waals surface area contributed by atoms with Crippen LogP contribution in [-0.4, -0.2) is 22.2 Å². The summed E-state index contributed by atoms with van der Waals surface area (Å²) in [6.45, 7) is 6.07. The molecule has 1 aliphatic rings. The van der Waals surface area contributed by atoms with E-state index in [2.05, 4.69) is 12.2 Å². The molecule has 1 atom stereocenters. The lowest BCUT2D eigenvalue weighted by Crippen LogP contribution is -2.33. The molecule has 6 heteroatoms. The molecule has 5 nitrogen and oxygen atoms in total. The first-order valence-electron chi connectivity index (χ1n) is 8.94. The smallest absolute Gasteiger partial charge is 0.247 e. The van der Waals surface area contributed by atoms with E-state index in [1.165, 1.54) is 10.5 Å². The fourth-order valence-electron chi connectivity index (χ4n) is 2.94. The van der Waals surface area contributed by atoms with Crippen molar-refractivity contribution in [1.82, 2.24) is 0 Å². The van der Waals surface area contributed by atoms with Gasteiger partial charge in [-0.15, -0.1) is 0 Å². The zero-order valence-electron chi connectivity index (χ0n) is 15.7. The Balaban J connectivity index is 1.67. The Kier molecular flexibility index (Phi) is 5.65. The van der Waals surface area contributed by atoms with Crippen LogP contribution in [0.4, 0.5) is 11.4 Å². The average molecular weight is 382 g/mol. The van der Waals surface area contributed by atoms with E-state index in [-0.39, 0.29) is 23.4 Å². The van der Waals surface area contributed by atoms with Crippen molar-refractivity contribution in [2.24, 2.45) is 0 Å². The van der Waals surface area contributed by atoms with Crippen LogP contribution in [0.1, 0.15) is 30.0 Å². The molecule has 2 aromatic rings. The minimum absolute atomic E-state index is 0.0440. The fourth-order valence-corrected chi connectivity index (χ4v) is 3.95. The molecular formula is C21H23N3O2S. The van der Waals surface area contributed by atoms with Crippen LogP contribution >= 0.6 is 11.8 Å². The van der Waals surface area contributed by atoms with Crippen LogP contribution in [0, 0.1) is 19.3 Å². The maximum absolute atomic E-state index is 12.7. The number of nitrogens with one attached hydrogen (secondary N) is 2. The van der Waals surface area contributed by atoms with Crippen molar-refractivity contribution in [2.75, 3.05) is 10.2 Å². The van der Waals surface area contributed by atoms with E-state index in [9.17, 15) is 9.59 Å². The predicted octanol–water partition coefficient (Wildman–Crippen LogP) is 4.28. The summed E-state index contributed by atoms with van der Waals surface area (Å²) < 4.78 is 0. The number of thioether (sulfide) groups is 1. The standard InChI is InChI=1S/C21H23N3O2S/c1-4-15-6-9-17(10-7-15)24-20(26)18(27-21(24)22)12-19(25)23-16-8-5-13(2)14(3)11-16/h5-11,18,22H,4,12H2,1-3H3,(H,23,25)/t18-/m0/s1. The predicted molar refractivity (Wildman–Crippen MR) is 112 cm³/mol. The quantitative estimate of drug-likeness (QED) is 0.812. The SMILES string of the molecule is CCc1ccc(N2C(=N)S[C@@H](CC(=O)Nc3ccc(C)c(C)c3)C2=O)cc1. The fraction of sp³-hybridized carbons (Fsp3) is 0.286. The van der Waals surface area contributed by atoms with Crippen LogP contribution in [-0.2, 0) is 16.0 Å². The van der Waals surface area contributed by atoms with Crippen molar-refractivity contribution >= 4 is 40.1 Å². The third-order valence-corrected chi connectivity index (χ3v) is 5.78. The van der Waals surface area contributed by atoms with E-state index in [1.54, 1.807) is 0 Å². The Labute approximate surface area is 163 Å². The molecule has 1 saturated heterocycles. The highest BCUT2D eigenvalue weighted by atomic mass is 32.2. The van der Waals surface area contributed by atoms with Gasteiger partial charge in [-0.2, -0.15) is 0 Å². The van der Waals surface area contributed by atoms with Gasteiger partial charge in [0, 0.05) is 12.1 Å². The molecule has 0 unspecified atom stereocenters. The lowest BCUT2D eigenvalue weighted by Gasteiger charge is -2.16. The number of benzene rings is 2. The van der Waals surface area contributed by atoms with Gasteiger partial charge in [-0.1, -0.05) is 36.9 Å². The maximum Gasteiger partial charge on any atom is 0.247 e. The molecule has 27 heavy (non-hydrogen) atoms. The van der Waals surface area contributed by atoms with Gasteiger partial charge in [-0.3, -0.25) is 19.9 Å². The van der Waals surface area contributed by atoms with Gasteiger partial charge in [0.15, 0.2) is 5.17 Å². The van der Waals surface area contributed by atoms with Crippen LogP contribution in [0.3, 0.4) is 0 Å². The zero-order chi connectivity index (χ0) is 19.6. The van der Waals surface area contributed by atoms with Crippen molar-refractivity contribution in [2.45, 2.75) is 38.9 Å². The van der Waals surface area contributed by atoms with E-state index in [0.717, 1.165) is 35.0 Å². The molecular weight excluding hydrogens is 358 g/mol. The van der Waals surface area contributed by atoms with Crippen LogP contribution in [0.15, 0.2) is 42.5 Å². The second-order valence-corrected chi connectivity index (χ2v) is 7.85. The van der Waals surface area contributed by atoms with E-state index in [1.807, 2.05) is 56.3 Å². The Bertz CT molecular complexity index is 893. The molecule has 3 rings (SSSR count). The lowest BCUT2D eigenvalue weighted by molar-refractivity contribution is -0.121. The highest BCUT2D eigenvalue weighted by molar-refractivity contribution is 8.16. The molecule has 0 bridgehead atoms. The monoisotopic (exact) mass is 381 g/mol. The Morgan fingerprint density at radius 2 is 1.85 bits per heavy atom. The number of carbonyl (C=O) groups is 2. The summed E-state index contributed by atoms with van der Waals surface area (Å²) in [7, 11) is 0. The zero-order valence-corrected chi connectivity index (χ0v) is 16.5. The number of carbonyl (C=O) groups excluding carboxylic acids is 2. The molecule has 1 aliphatic heterocycles. The molecule has 0 saturated carbocycles. The maximum atomic E-state index is 12.7. The molecule has 2 aromatic carbocycles. The van der Waals surface area contributed by atoms with Gasteiger partial charge in [-0.25, -0.2) is 0 Å². The molecule has 0 radical (unpaired) electrons. The second-order valence-electron chi connectivity index (χ2n) is 6.66. The Morgan fingerprint density at radius 1 is 1.15 bits per heavy atom. The molecule has 1 fully saturated rings. The number of aryl methyl sites for hydroxylation is 3. The number of amides is 2. The third-order valence-electron chi connectivity index (χ3n) is 4.72. The number of amidine groups is 1. The topological polar surface area (TPSA) is 73.3 Å². The first kappa shape index (κ1) is 19.2. The second kappa shape index (κ2) is 7.96. The van der Waals surface area contributed by atoms with Gasteiger partial charge in [0.2, 0.25) is 11.8 Å². The van der Waals surface area contributed by atoms with Gasteiger partial charge >= 0.3 is 0 Å². The molecule has 2 amide bonds. The van der Waals surface area contributed by atoms with Gasteiger partial charge in [-0.05, 0) is 61.2 Å². The Morgan fingerprint density at radius 3 is 2.48 bits per heavy atom. The molecule has 0 aromatic heterocycles. The summed E-state index contributed by atoms with van der Waals surface area (Å²) >= 11 is 1.13. The normalized spacial score (nSPS) is 16.7. The van der Waals surface area contributed by atoms with Crippen LogP contribution < -0.4 is 10.2 Å². The molecule has 0 spiro atoms. The number of rotatable bonds is 5. The first-order chi connectivity index (χ1) is 12.9. The van der Waals surface area contributed by atoms with Crippen molar-refractivity contribution in [3.63, 3.8) is 0 Å². The summed E-state index contributed by atoms with van der Waals surface area (Å²) in [4.78, 5) is 26.5. The molecule has 140 valence electrons. The first-order valence-corrected chi connectivity index (χ1v) is 9.82. The van der Waals surface area contributed by atoms with E-state index in [0.29, 0.717) is 5.69 Å². The summed E-state index contributed by atoms with van der Waals surface area (Å²) in [5.41, 5.74) is 4.83. The van der Waals surface area contributed by atoms with Crippen LogP contribution in [0.5, 0.6) is 0 Å². The van der Waals surface area contributed by atoms with Gasteiger partial charge in [0.05, 0.1) is 5.69 Å². The molecule has 2 N–H and O–H groups in total.